The monoisotopic (exact) mass is 366 g/mol. The fourth-order valence-corrected chi connectivity index (χ4v) is 3.60. The van der Waals surface area contributed by atoms with Crippen LogP contribution in [0.4, 0.5) is 4.79 Å². The van der Waals surface area contributed by atoms with Crippen molar-refractivity contribution in [2.45, 2.75) is 18.9 Å². The Bertz CT molecular complexity index is 799. The summed E-state index contributed by atoms with van der Waals surface area (Å²) in [5.41, 5.74) is 0.486. The van der Waals surface area contributed by atoms with Gasteiger partial charge < -0.3 is 19.3 Å². The lowest BCUT2D eigenvalue weighted by Gasteiger charge is -2.30. The van der Waals surface area contributed by atoms with E-state index in [0.717, 1.165) is 32.5 Å². The summed E-state index contributed by atoms with van der Waals surface area (Å²) in [6.07, 6.45) is 1.70. The van der Waals surface area contributed by atoms with Gasteiger partial charge in [-0.3, -0.25) is 0 Å². The zero-order valence-corrected chi connectivity index (χ0v) is 15.0. The van der Waals surface area contributed by atoms with E-state index in [9.17, 15) is 9.59 Å². The summed E-state index contributed by atoms with van der Waals surface area (Å²) in [6, 6.07) is 15.6. The van der Waals surface area contributed by atoms with Crippen LogP contribution in [-0.4, -0.2) is 54.1 Å². The minimum atomic E-state index is -0.421. The van der Waals surface area contributed by atoms with Gasteiger partial charge in [0.1, 0.15) is 11.5 Å². The van der Waals surface area contributed by atoms with E-state index in [-0.39, 0.29) is 12.1 Å². The molecule has 3 heterocycles. The van der Waals surface area contributed by atoms with Gasteiger partial charge in [0.25, 0.3) is 0 Å². The van der Waals surface area contributed by atoms with Crippen LogP contribution in [0, 0.1) is 0 Å². The van der Waals surface area contributed by atoms with Crippen LogP contribution in [0.15, 0.2) is 54.6 Å². The van der Waals surface area contributed by atoms with Gasteiger partial charge in [-0.1, -0.05) is 18.2 Å². The van der Waals surface area contributed by atoms with Crippen molar-refractivity contribution in [3.8, 4) is 11.5 Å². The van der Waals surface area contributed by atoms with E-state index in [1.807, 2.05) is 11.0 Å². The predicted octanol–water partition coefficient (Wildman–Crippen LogP) is 3.18. The van der Waals surface area contributed by atoms with Crippen molar-refractivity contribution in [1.82, 2.24) is 9.80 Å². The molecule has 3 aliphatic rings. The van der Waals surface area contributed by atoms with Crippen molar-refractivity contribution in [3.63, 3.8) is 0 Å². The molecule has 2 bridgehead atoms. The molecule has 0 spiro atoms. The highest BCUT2D eigenvalue weighted by Crippen LogP contribution is 2.23. The van der Waals surface area contributed by atoms with Crippen molar-refractivity contribution in [2.24, 2.45) is 0 Å². The second-order valence-electron chi connectivity index (χ2n) is 6.86. The molecule has 0 radical (unpaired) electrons. The highest BCUT2D eigenvalue weighted by atomic mass is 16.6. The van der Waals surface area contributed by atoms with E-state index in [1.165, 1.54) is 0 Å². The Balaban J connectivity index is 1.36. The molecule has 0 atom stereocenters. The number of fused-ring (bicyclic) bond motifs is 4. The van der Waals surface area contributed by atoms with E-state index in [2.05, 4.69) is 4.90 Å². The summed E-state index contributed by atoms with van der Waals surface area (Å²) < 4.78 is 10.9. The van der Waals surface area contributed by atoms with Gasteiger partial charge in [0.2, 0.25) is 0 Å². The standard InChI is InChI=1S/C21H22N2O4/c24-20(16-4-2-1-3-5-16)26-18-6-8-19(9-7-18)27-21(25)23-15-14-22-12-10-17(23)11-13-22/h1-9,17H,10-15H2. The molecule has 1 amide bonds. The molecular formula is C21H22N2O4. The Morgan fingerprint density at radius 3 is 2.07 bits per heavy atom. The molecule has 140 valence electrons. The molecule has 2 aromatic carbocycles. The predicted molar refractivity (Wildman–Crippen MR) is 100 cm³/mol. The van der Waals surface area contributed by atoms with Crippen LogP contribution in [0.5, 0.6) is 11.5 Å². The van der Waals surface area contributed by atoms with Crippen LogP contribution >= 0.6 is 0 Å². The van der Waals surface area contributed by atoms with Gasteiger partial charge >= 0.3 is 12.1 Å². The molecule has 0 N–H and O–H groups in total. The largest absolute Gasteiger partial charge is 0.423 e. The topological polar surface area (TPSA) is 59.1 Å². The third kappa shape index (κ3) is 4.11. The van der Waals surface area contributed by atoms with E-state index in [0.29, 0.717) is 23.6 Å². The number of hydrogen-bond acceptors (Lipinski definition) is 5. The van der Waals surface area contributed by atoms with Gasteiger partial charge in [-0.05, 0) is 49.2 Å². The van der Waals surface area contributed by atoms with Crippen LogP contribution in [-0.2, 0) is 0 Å². The normalized spacial score (nSPS) is 21.4. The summed E-state index contributed by atoms with van der Waals surface area (Å²) in [5, 5.41) is 0. The van der Waals surface area contributed by atoms with Gasteiger partial charge in [-0.15, -0.1) is 0 Å². The van der Waals surface area contributed by atoms with Crippen molar-refractivity contribution in [3.05, 3.63) is 60.2 Å². The Morgan fingerprint density at radius 2 is 1.41 bits per heavy atom. The zero-order chi connectivity index (χ0) is 18.6. The lowest BCUT2D eigenvalue weighted by atomic mass is 10.1. The molecule has 2 aromatic rings. The minimum Gasteiger partial charge on any atom is -0.423 e. The molecule has 5 rings (SSSR count). The maximum atomic E-state index is 12.6. The maximum absolute atomic E-state index is 12.6. The zero-order valence-electron chi connectivity index (χ0n) is 15.0. The second kappa shape index (κ2) is 7.80. The highest BCUT2D eigenvalue weighted by Gasteiger charge is 2.32. The van der Waals surface area contributed by atoms with Crippen LogP contribution in [0.25, 0.3) is 0 Å². The molecule has 0 saturated carbocycles. The fourth-order valence-electron chi connectivity index (χ4n) is 3.60. The molecule has 3 fully saturated rings. The lowest BCUT2D eigenvalue weighted by molar-refractivity contribution is 0.0734. The van der Waals surface area contributed by atoms with Crippen LogP contribution in [0.1, 0.15) is 23.2 Å². The molecule has 3 aliphatic heterocycles. The number of ether oxygens (including phenoxy) is 2. The molecule has 0 unspecified atom stereocenters. The van der Waals surface area contributed by atoms with Gasteiger partial charge in [0.15, 0.2) is 0 Å². The average molecular weight is 366 g/mol. The van der Waals surface area contributed by atoms with Gasteiger partial charge in [0.05, 0.1) is 5.56 Å². The van der Waals surface area contributed by atoms with Crippen LogP contribution in [0.3, 0.4) is 0 Å². The Labute approximate surface area is 158 Å². The SMILES string of the molecule is O=C(Oc1ccc(OC(=O)N2CCN3CCC2CC3)cc1)c1ccccc1. The highest BCUT2D eigenvalue weighted by molar-refractivity contribution is 5.90. The van der Waals surface area contributed by atoms with E-state index < -0.39 is 5.97 Å². The molecule has 0 aliphatic carbocycles. The molecule has 6 nitrogen and oxygen atoms in total. The van der Waals surface area contributed by atoms with Gasteiger partial charge in [-0.25, -0.2) is 9.59 Å². The number of esters is 1. The summed E-state index contributed by atoms with van der Waals surface area (Å²) >= 11 is 0. The van der Waals surface area contributed by atoms with Crippen molar-refractivity contribution < 1.29 is 19.1 Å². The first-order chi connectivity index (χ1) is 13.2. The van der Waals surface area contributed by atoms with E-state index in [4.69, 9.17) is 9.47 Å². The summed E-state index contributed by atoms with van der Waals surface area (Å²) in [4.78, 5) is 28.9. The van der Waals surface area contributed by atoms with Gasteiger partial charge in [-0.2, -0.15) is 0 Å². The number of nitrogens with zero attached hydrogens (tertiary/aromatic N) is 2. The van der Waals surface area contributed by atoms with Gasteiger partial charge in [0, 0.05) is 32.2 Å². The van der Waals surface area contributed by atoms with E-state index >= 15 is 0 Å². The molecular weight excluding hydrogens is 344 g/mol. The van der Waals surface area contributed by atoms with Crippen molar-refractivity contribution in [2.75, 3.05) is 26.2 Å². The number of hydrogen-bond donors (Lipinski definition) is 0. The Morgan fingerprint density at radius 1 is 0.778 bits per heavy atom. The number of carbonyl (C=O) groups excluding carboxylic acids is 2. The molecule has 6 heteroatoms. The lowest BCUT2D eigenvalue weighted by Crippen LogP contribution is -2.43. The minimum absolute atomic E-state index is 0.266. The number of benzene rings is 2. The second-order valence-corrected chi connectivity index (χ2v) is 6.86. The van der Waals surface area contributed by atoms with Crippen LogP contribution < -0.4 is 9.47 Å². The summed E-state index contributed by atoms with van der Waals surface area (Å²) in [7, 11) is 0. The third-order valence-corrected chi connectivity index (χ3v) is 5.14. The summed E-state index contributed by atoms with van der Waals surface area (Å²) in [5.74, 6) is 0.430. The number of rotatable bonds is 3. The van der Waals surface area contributed by atoms with E-state index in [1.54, 1.807) is 48.5 Å². The number of amides is 1. The first-order valence-electron chi connectivity index (χ1n) is 9.27. The molecule has 3 saturated heterocycles. The first-order valence-corrected chi connectivity index (χ1v) is 9.27. The fraction of sp³-hybridized carbons (Fsp3) is 0.333. The average Bonchev–Trinajstić information content (AvgIpc) is 3.04. The van der Waals surface area contributed by atoms with Crippen LogP contribution in [0.2, 0.25) is 0 Å². The Kier molecular flexibility index (Phi) is 5.07. The van der Waals surface area contributed by atoms with Crippen molar-refractivity contribution >= 4 is 12.1 Å². The Hall–Kier alpha value is -2.86. The third-order valence-electron chi connectivity index (χ3n) is 5.14. The molecule has 27 heavy (non-hydrogen) atoms. The first kappa shape index (κ1) is 17.5. The number of piperidine rings is 1. The molecule has 0 aromatic heterocycles. The maximum Gasteiger partial charge on any atom is 0.415 e. The summed E-state index contributed by atoms with van der Waals surface area (Å²) in [6.45, 7) is 3.71. The van der Waals surface area contributed by atoms with Crippen molar-refractivity contribution in [1.29, 1.82) is 0 Å². The smallest absolute Gasteiger partial charge is 0.415 e. The number of carbonyl (C=O) groups is 2. The quantitative estimate of drug-likeness (QED) is 0.617.